The molecule has 1 unspecified atom stereocenters. The summed E-state index contributed by atoms with van der Waals surface area (Å²) < 4.78 is 0. The number of benzene rings is 1. The maximum atomic E-state index is 9.14. The quantitative estimate of drug-likeness (QED) is 0.769. The molecule has 0 saturated heterocycles. The van der Waals surface area contributed by atoms with Crippen molar-refractivity contribution in [2.75, 3.05) is 0 Å². The Bertz CT molecular complexity index is 338. The van der Waals surface area contributed by atoms with Crippen molar-refractivity contribution in [2.24, 2.45) is 0 Å². The summed E-state index contributed by atoms with van der Waals surface area (Å²) in [6, 6.07) is 7.93. The fraction of sp³-hybridized carbons (Fsp3) is 0.429. The molecule has 0 aliphatic carbocycles. The number of hydrogen-bond donors (Lipinski definition) is 1. The Hall–Kier alpha value is -0.790. The van der Waals surface area contributed by atoms with Gasteiger partial charge in [-0.2, -0.15) is 0 Å². The summed E-state index contributed by atoms with van der Waals surface area (Å²) in [6.07, 6.45) is 4.72. The molecule has 1 nitrogen and oxygen atoms in total. The van der Waals surface area contributed by atoms with E-state index in [-0.39, 0.29) is 6.10 Å². The molecule has 0 bridgehead atoms. The molecular weight excluding hydrogens is 220 g/mol. The van der Waals surface area contributed by atoms with E-state index >= 15 is 0 Å². The van der Waals surface area contributed by atoms with Crippen LogP contribution in [-0.4, -0.2) is 11.2 Å². The van der Waals surface area contributed by atoms with Gasteiger partial charge in [-0.05, 0) is 50.8 Å². The maximum absolute atomic E-state index is 9.14. The highest BCUT2D eigenvalue weighted by molar-refractivity contribution is 6.30. The Balaban J connectivity index is 2.44. The van der Waals surface area contributed by atoms with Crippen LogP contribution < -0.4 is 0 Å². The van der Waals surface area contributed by atoms with Crippen molar-refractivity contribution >= 4 is 11.6 Å². The van der Waals surface area contributed by atoms with Gasteiger partial charge in [0, 0.05) is 5.02 Å². The molecule has 0 aromatic heterocycles. The van der Waals surface area contributed by atoms with Crippen molar-refractivity contribution < 1.29 is 5.11 Å². The second-order valence-corrected chi connectivity index (χ2v) is 4.72. The molecule has 1 N–H and O–H groups in total. The number of hydrogen-bond acceptors (Lipinski definition) is 1. The molecule has 0 radical (unpaired) electrons. The fourth-order valence-electron chi connectivity index (χ4n) is 1.57. The number of aliphatic hydroxyl groups is 1. The number of aliphatic hydroxyl groups excluding tert-OH is 1. The van der Waals surface area contributed by atoms with Crippen LogP contribution in [0.1, 0.15) is 32.3 Å². The van der Waals surface area contributed by atoms with E-state index in [1.165, 1.54) is 11.1 Å². The van der Waals surface area contributed by atoms with Crippen LogP contribution >= 0.6 is 11.6 Å². The fourth-order valence-corrected chi connectivity index (χ4v) is 1.69. The van der Waals surface area contributed by atoms with E-state index in [1.54, 1.807) is 0 Å². The lowest BCUT2D eigenvalue weighted by molar-refractivity contribution is 0.186. The first-order valence-corrected chi connectivity index (χ1v) is 6.04. The number of halogens is 1. The van der Waals surface area contributed by atoms with Gasteiger partial charge >= 0.3 is 0 Å². The molecule has 2 heteroatoms. The minimum atomic E-state index is -0.209. The summed E-state index contributed by atoms with van der Waals surface area (Å²) in [7, 11) is 0. The Morgan fingerprint density at radius 3 is 2.56 bits per heavy atom. The average molecular weight is 239 g/mol. The van der Waals surface area contributed by atoms with E-state index in [0.717, 1.165) is 24.3 Å². The first kappa shape index (κ1) is 13.3. The normalized spacial score (nSPS) is 13.9. The van der Waals surface area contributed by atoms with E-state index in [2.05, 4.69) is 13.0 Å². The monoisotopic (exact) mass is 238 g/mol. The van der Waals surface area contributed by atoms with Gasteiger partial charge in [0.2, 0.25) is 0 Å². The summed E-state index contributed by atoms with van der Waals surface area (Å²) in [6.45, 7) is 3.94. The standard InChI is InChI=1S/C14H19ClO/c1-11(4-3-5-12(2)16)10-13-6-8-14(15)9-7-13/h4,6-9,12,16H,3,5,10H2,1-2H3/b11-4+. The third-order valence-electron chi connectivity index (χ3n) is 2.47. The second kappa shape index (κ2) is 6.72. The van der Waals surface area contributed by atoms with Gasteiger partial charge in [0.15, 0.2) is 0 Å². The van der Waals surface area contributed by atoms with Crippen LogP contribution in [0.25, 0.3) is 0 Å². The molecule has 1 rings (SSSR count). The minimum absolute atomic E-state index is 0.209. The molecule has 88 valence electrons. The van der Waals surface area contributed by atoms with Crippen molar-refractivity contribution in [3.05, 3.63) is 46.5 Å². The Kier molecular flexibility index (Phi) is 5.58. The Morgan fingerprint density at radius 2 is 2.00 bits per heavy atom. The molecule has 0 aliphatic heterocycles. The smallest absolute Gasteiger partial charge is 0.0515 e. The third kappa shape index (κ3) is 5.34. The van der Waals surface area contributed by atoms with Crippen LogP contribution in [0.2, 0.25) is 5.02 Å². The highest BCUT2D eigenvalue weighted by Crippen LogP contribution is 2.13. The lowest BCUT2D eigenvalue weighted by Crippen LogP contribution is -1.97. The molecule has 1 aromatic rings. The maximum Gasteiger partial charge on any atom is 0.0515 e. The zero-order valence-electron chi connectivity index (χ0n) is 9.91. The van der Waals surface area contributed by atoms with Gasteiger partial charge in [0.1, 0.15) is 0 Å². The van der Waals surface area contributed by atoms with E-state index in [0.29, 0.717) is 0 Å². The van der Waals surface area contributed by atoms with Crippen molar-refractivity contribution in [3.8, 4) is 0 Å². The highest BCUT2D eigenvalue weighted by Gasteiger charge is 1.96. The molecular formula is C14H19ClO. The summed E-state index contributed by atoms with van der Waals surface area (Å²) in [4.78, 5) is 0. The first-order chi connectivity index (χ1) is 7.58. The lowest BCUT2D eigenvalue weighted by atomic mass is 10.0. The van der Waals surface area contributed by atoms with E-state index in [1.807, 2.05) is 31.2 Å². The van der Waals surface area contributed by atoms with Crippen LogP contribution in [0.15, 0.2) is 35.9 Å². The Labute approximate surface area is 103 Å². The van der Waals surface area contributed by atoms with Gasteiger partial charge in [0.25, 0.3) is 0 Å². The van der Waals surface area contributed by atoms with Crippen LogP contribution in [0.5, 0.6) is 0 Å². The van der Waals surface area contributed by atoms with Gasteiger partial charge in [0.05, 0.1) is 6.10 Å². The molecule has 16 heavy (non-hydrogen) atoms. The zero-order valence-corrected chi connectivity index (χ0v) is 10.7. The summed E-state index contributed by atoms with van der Waals surface area (Å²) in [5, 5.41) is 9.92. The van der Waals surface area contributed by atoms with Crippen molar-refractivity contribution in [3.63, 3.8) is 0 Å². The largest absolute Gasteiger partial charge is 0.393 e. The van der Waals surface area contributed by atoms with E-state index in [9.17, 15) is 0 Å². The molecule has 0 aliphatic rings. The van der Waals surface area contributed by atoms with Gasteiger partial charge in [-0.1, -0.05) is 35.4 Å². The summed E-state index contributed by atoms with van der Waals surface area (Å²) in [5.74, 6) is 0. The van der Waals surface area contributed by atoms with Crippen molar-refractivity contribution in [1.82, 2.24) is 0 Å². The Morgan fingerprint density at radius 1 is 1.38 bits per heavy atom. The predicted octanol–water partition coefficient (Wildman–Crippen LogP) is 3.99. The number of rotatable bonds is 5. The van der Waals surface area contributed by atoms with Gasteiger partial charge in [-0.15, -0.1) is 0 Å². The molecule has 0 spiro atoms. The molecule has 0 fully saturated rings. The molecule has 1 atom stereocenters. The second-order valence-electron chi connectivity index (χ2n) is 4.28. The summed E-state index contributed by atoms with van der Waals surface area (Å²) in [5.41, 5.74) is 2.61. The van der Waals surface area contributed by atoms with Gasteiger partial charge in [-0.25, -0.2) is 0 Å². The van der Waals surface area contributed by atoms with E-state index < -0.39 is 0 Å². The van der Waals surface area contributed by atoms with Crippen molar-refractivity contribution in [2.45, 2.75) is 39.2 Å². The topological polar surface area (TPSA) is 20.2 Å². The first-order valence-electron chi connectivity index (χ1n) is 5.66. The van der Waals surface area contributed by atoms with Gasteiger partial charge < -0.3 is 5.11 Å². The predicted molar refractivity (Wildman–Crippen MR) is 69.8 cm³/mol. The van der Waals surface area contributed by atoms with Gasteiger partial charge in [-0.3, -0.25) is 0 Å². The van der Waals surface area contributed by atoms with E-state index in [4.69, 9.17) is 16.7 Å². The highest BCUT2D eigenvalue weighted by atomic mass is 35.5. The minimum Gasteiger partial charge on any atom is -0.393 e. The van der Waals surface area contributed by atoms with Crippen LogP contribution in [-0.2, 0) is 6.42 Å². The average Bonchev–Trinajstić information content (AvgIpc) is 2.21. The van der Waals surface area contributed by atoms with Crippen molar-refractivity contribution in [1.29, 1.82) is 0 Å². The number of allylic oxidation sites excluding steroid dienone is 2. The summed E-state index contributed by atoms with van der Waals surface area (Å²) >= 11 is 5.82. The van der Waals surface area contributed by atoms with Crippen LogP contribution in [0.3, 0.4) is 0 Å². The van der Waals surface area contributed by atoms with Crippen LogP contribution in [0, 0.1) is 0 Å². The molecule has 0 heterocycles. The molecule has 1 aromatic carbocycles. The SMILES string of the molecule is C/C(=C\CCC(C)O)Cc1ccc(Cl)cc1. The molecule has 0 saturated carbocycles. The van der Waals surface area contributed by atoms with Crippen LogP contribution in [0.4, 0.5) is 0 Å². The lowest BCUT2D eigenvalue weighted by Gasteiger charge is -2.04. The molecule has 0 amide bonds. The zero-order chi connectivity index (χ0) is 12.0. The third-order valence-corrected chi connectivity index (χ3v) is 2.73.